The highest BCUT2D eigenvalue weighted by Gasteiger charge is 2.12. The van der Waals surface area contributed by atoms with Gasteiger partial charge in [0.1, 0.15) is 5.69 Å². The van der Waals surface area contributed by atoms with Crippen LogP contribution in [-0.4, -0.2) is 11.5 Å². The Morgan fingerprint density at radius 3 is 2.87 bits per heavy atom. The molecule has 0 radical (unpaired) electrons. The van der Waals surface area contributed by atoms with E-state index in [4.69, 9.17) is 5.26 Å². The van der Waals surface area contributed by atoms with E-state index in [0.29, 0.717) is 12.2 Å². The summed E-state index contributed by atoms with van der Waals surface area (Å²) in [5.41, 5.74) is 0.479. The summed E-state index contributed by atoms with van der Waals surface area (Å²) < 4.78 is 0. The van der Waals surface area contributed by atoms with Crippen LogP contribution >= 0.6 is 0 Å². The van der Waals surface area contributed by atoms with Crippen LogP contribution in [0.15, 0.2) is 24.3 Å². The van der Waals surface area contributed by atoms with Crippen LogP contribution < -0.4 is 5.32 Å². The number of rotatable bonds is 4. The van der Waals surface area contributed by atoms with E-state index in [0.717, 1.165) is 0 Å². The smallest absolute Gasteiger partial charge is 0.292 e. The molecule has 0 amide bonds. The first-order valence-corrected chi connectivity index (χ1v) is 4.52. The Kier molecular flexibility index (Phi) is 3.63. The summed E-state index contributed by atoms with van der Waals surface area (Å²) in [7, 11) is 0. The number of nitrogens with one attached hydrogen (secondary N) is 1. The van der Waals surface area contributed by atoms with Gasteiger partial charge in [-0.05, 0) is 13.0 Å². The summed E-state index contributed by atoms with van der Waals surface area (Å²) in [5.74, 6) is -0.176. The van der Waals surface area contributed by atoms with Gasteiger partial charge >= 0.3 is 0 Å². The van der Waals surface area contributed by atoms with E-state index in [-0.39, 0.29) is 11.6 Å². The molecule has 1 aromatic rings. The summed E-state index contributed by atoms with van der Waals surface area (Å²) in [6.45, 7) is 2.16. The van der Waals surface area contributed by atoms with Gasteiger partial charge in [-0.25, -0.2) is 0 Å². The van der Waals surface area contributed by atoms with Crippen LogP contribution in [-0.2, 0) is 0 Å². The Balaban J connectivity index is 2.77. The van der Waals surface area contributed by atoms with Crippen LogP contribution in [0.1, 0.15) is 6.92 Å². The van der Waals surface area contributed by atoms with Crippen LogP contribution in [0.4, 0.5) is 11.4 Å². The lowest BCUT2D eigenvalue weighted by molar-refractivity contribution is -0.384. The Bertz CT molecular complexity index is 398. The maximum atomic E-state index is 10.6. The van der Waals surface area contributed by atoms with Crippen molar-refractivity contribution in [3.63, 3.8) is 0 Å². The highest BCUT2D eigenvalue weighted by Crippen LogP contribution is 2.23. The minimum absolute atomic E-state index is 0.0302. The monoisotopic (exact) mass is 205 g/mol. The lowest BCUT2D eigenvalue weighted by Gasteiger charge is -2.07. The molecule has 1 unspecified atom stereocenters. The normalized spacial score (nSPS) is 11.5. The first-order valence-electron chi connectivity index (χ1n) is 4.52. The number of para-hydroxylation sites is 2. The van der Waals surface area contributed by atoms with E-state index in [9.17, 15) is 10.1 Å². The zero-order valence-corrected chi connectivity index (χ0v) is 8.30. The van der Waals surface area contributed by atoms with E-state index >= 15 is 0 Å². The summed E-state index contributed by atoms with van der Waals surface area (Å²) >= 11 is 0. The largest absolute Gasteiger partial charge is 0.378 e. The predicted molar refractivity (Wildman–Crippen MR) is 56.4 cm³/mol. The van der Waals surface area contributed by atoms with Crippen molar-refractivity contribution in [3.05, 3.63) is 34.4 Å². The Morgan fingerprint density at radius 2 is 2.27 bits per heavy atom. The fourth-order valence-corrected chi connectivity index (χ4v) is 1.09. The molecule has 5 nitrogen and oxygen atoms in total. The lowest BCUT2D eigenvalue weighted by Crippen LogP contribution is -2.10. The standard InChI is InChI=1S/C10H11N3O2/c1-8(6-11)7-12-9-4-2-3-5-10(9)13(14)15/h2-5,8,12H,7H2,1H3. The third-order valence-electron chi connectivity index (χ3n) is 1.92. The molecular formula is C10H11N3O2. The number of nitro benzene ring substituents is 1. The molecule has 1 rings (SSSR count). The third kappa shape index (κ3) is 2.95. The van der Waals surface area contributed by atoms with Crippen molar-refractivity contribution in [1.29, 1.82) is 5.26 Å². The highest BCUT2D eigenvalue weighted by atomic mass is 16.6. The fraction of sp³-hybridized carbons (Fsp3) is 0.300. The van der Waals surface area contributed by atoms with E-state index in [1.165, 1.54) is 6.07 Å². The molecule has 5 heteroatoms. The zero-order valence-electron chi connectivity index (χ0n) is 8.30. The summed E-state index contributed by atoms with van der Waals surface area (Å²) in [6, 6.07) is 8.43. The molecule has 0 aliphatic heterocycles. The van der Waals surface area contributed by atoms with Crippen LogP contribution in [0.5, 0.6) is 0 Å². The molecule has 0 fully saturated rings. The number of nitriles is 1. The molecule has 0 saturated carbocycles. The second-order valence-corrected chi connectivity index (χ2v) is 3.19. The van der Waals surface area contributed by atoms with Gasteiger partial charge < -0.3 is 5.32 Å². The molecule has 0 aromatic heterocycles. The summed E-state index contributed by atoms with van der Waals surface area (Å²) in [5, 5.41) is 22.1. The molecule has 0 spiro atoms. The van der Waals surface area contributed by atoms with Crippen molar-refractivity contribution in [2.45, 2.75) is 6.92 Å². The van der Waals surface area contributed by atoms with Crippen LogP contribution in [0.2, 0.25) is 0 Å². The van der Waals surface area contributed by atoms with Crippen molar-refractivity contribution in [1.82, 2.24) is 0 Å². The number of hydrogen-bond acceptors (Lipinski definition) is 4. The van der Waals surface area contributed by atoms with Crippen molar-refractivity contribution in [2.24, 2.45) is 5.92 Å². The third-order valence-corrected chi connectivity index (χ3v) is 1.92. The van der Waals surface area contributed by atoms with Crippen molar-refractivity contribution in [2.75, 3.05) is 11.9 Å². The summed E-state index contributed by atoms with van der Waals surface area (Å²) in [4.78, 5) is 10.2. The van der Waals surface area contributed by atoms with E-state index in [1.54, 1.807) is 25.1 Å². The van der Waals surface area contributed by atoms with Crippen LogP contribution in [0, 0.1) is 27.4 Å². The second kappa shape index (κ2) is 4.96. The number of hydrogen-bond donors (Lipinski definition) is 1. The summed E-state index contributed by atoms with van der Waals surface area (Å²) in [6.07, 6.45) is 0. The fourth-order valence-electron chi connectivity index (χ4n) is 1.09. The molecule has 0 saturated heterocycles. The minimum atomic E-state index is -0.445. The van der Waals surface area contributed by atoms with Crippen molar-refractivity contribution < 1.29 is 4.92 Å². The molecule has 0 aliphatic carbocycles. The SMILES string of the molecule is CC(C#N)CNc1ccccc1[N+](=O)[O-]. The van der Waals surface area contributed by atoms with Gasteiger partial charge in [-0.1, -0.05) is 12.1 Å². The quantitative estimate of drug-likeness (QED) is 0.603. The number of anilines is 1. The molecule has 0 aliphatic rings. The average molecular weight is 205 g/mol. The van der Waals surface area contributed by atoms with Crippen molar-refractivity contribution in [3.8, 4) is 6.07 Å². The van der Waals surface area contributed by atoms with Gasteiger partial charge in [0.15, 0.2) is 0 Å². The van der Waals surface area contributed by atoms with Gasteiger partial charge in [-0.2, -0.15) is 5.26 Å². The minimum Gasteiger partial charge on any atom is -0.378 e. The van der Waals surface area contributed by atoms with Gasteiger partial charge in [0.05, 0.1) is 16.9 Å². The molecule has 0 heterocycles. The maximum absolute atomic E-state index is 10.6. The van der Waals surface area contributed by atoms with Crippen LogP contribution in [0.3, 0.4) is 0 Å². The van der Waals surface area contributed by atoms with Gasteiger partial charge in [0, 0.05) is 12.6 Å². The van der Waals surface area contributed by atoms with Gasteiger partial charge in [-0.3, -0.25) is 10.1 Å². The Labute approximate surface area is 87.5 Å². The number of nitro groups is 1. The van der Waals surface area contributed by atoms with E-state index < -0.39 is 4.92 Å². The zero-order chi connectivity index (χ0) is 11.3. The predicted octanol–water partition coefficient (Wildman–Crippen LogP) is 2.17. The molecule has 1 aromatic carbocycles. The van der Waals surface area contributed by atoms with Gasteiger partial charge in [0.25, 0.3) is 5.69 Å². The van der Waals surface area contributed by atoms with Crippen molar-refractivity contribution >= 4 is 11.4 Å². The Morgan fingerprint density at radius 1 is 1.60 bits per heavy atom. The van der Waals surface area contributed by atoms with Gasteiger partial charge in [0.2, 0.25) is 0 Å². The van der Waals surface area contributed by atoms with Crippen LogP contribution in [0.25, 0.3) is 0 Å². The van der Waals surface area contributed by atoms with Gasteiger partial charge in [-0.15, -0.1) is 0 Å². The number of nitrogens with zero attached hydrogens (tertiary/aromatic N) is 2. The second-order valence-electron chi connectivity index (χ2n) is 3.19. The maximum Gasteiger partial charge on any atom is 0.292 e. The molecule has 0 bridgehead atoms. The topological polar surface area (TPSA) is 79.0 Å². The average Bonchev–Trinajstić information content (AvgIpc) is 2.26. The lowest BCUT2D eigenvalue weighted by atomic mass is 10.2. The highest BCUT2D eigenvalue weighted by molar-refractivity contribution is 5.61. The molecule has 78 valence electrons. The first-order chi connectivity index (χ1) is 7.15. The molecule has 1 atom stereocenters. The van der Waals surface area contributed by atoms with E-state index in [2.05, 4.69) is 11.4 Å². The first kappa shape index (κ1) is 11.0. The van der Waals surface area contributed by atoms with E-state index in [1.807, 2.05) is 0 Å². The molecule has 1 N–H and O–H groups in total. The molecule has 15 heavy (non-hydrogen) atoms. The Hall–Kier alpha value is -2.09. The number of benzene rings is 1. The molecular weight excluding hydrogens is 194 g/mol.